The molecule has 7 heteroatoms. The molecule has 33 heavy (non-hydrogen) atoms. The Morgan fingerprint density at radius 1 is 1.09 bits per heavy atom. The van der Waals surface area contributed by atoms with Gasteiger partial charge in [0.25, 0.3) is 0 Å². The van der Waals surface area contributed by atoms with Crippen molar-refractivity contribution in [3.05, 3.63) is 53.4 Å². The lowest BCUT2D eigenvalue weighted by atomic mass is 9.91. The van der Waals surface area contributed by atoms with E-state index in [0.29, 0.717) is 13.1 Å². The first-order valence-corrected chi connectivity index (χ1v) is 12.1. The standard InChI is InChI=1S/C26H33N5O2/c1-33-23-7-2-4-20(18-23)8-9-25(32)30-12-10-21-19-27-26(28-24(21)11-13-30)31-16-14-29(15-17-31)22-5-3-6-22/h2,4,7-9,18-19,22H,3,5-6,10-17H2,1H3/b9-8+. The summed E-state index contributed by atoms with van der Waals surface area (Å²) in [5, 5.41) is 0. The zero-order valence-electron chi connectivity index (χ0n) is 19.4. The van der Waals surface area contributed by atoms with Crippen LogP contribution in [0.15, 0.2) is 36.5 Å². The number of hydrogen-bond donors (Lipinski definition) is 0. The topological polar surface area (TPSA) is 61.8 Å². The Morgan fingerprint density at radius 3 is 2.67 bits per heavy atom. The molecule has 2 fully saturated rings. The Morgan fingerprint density at radius 2 is 1.91 bits per heavy atom. The van der Waals surface area contributed by atoms with Crippen molar-refractivity contribution >= 4 is 17.9 Å². The first kappa shape index (κ1) is 21.9. The van der Waals surface area contributed by atoms with Gasteiger partial charge in [-0.05, 0) is 48.6 Å². The van der Waals surface area contributed by atoms with E-state index in [0.717, 1.165) is 68.0 Å². The van der Waals surface area contributed by atoms with Gasteiger partial charge in [0.15, 0.2) is 0 Å². The van der Waals surface area contributed by atoms with Crippen molar-refractivity contribution in [3.63, 3.8) is 0 Å². The number of amides is 1. The van der Waals surface area contributed by atoms with Gasteiger partial charge in [0, 0.05) is 64.0 Å². The van der Waals surface area contributed by atoms with Gasteiger partial charge in [0.2, 0.25) is 11.9 Å². The molecule has 3 heterocycles. The van der Waals surface area contributed by atoms with E-state index in [4.69, 9.17) is 14.7 Å². The lowest BCUT2D eigenvalue weighted by Crippen LogP contribution is -2.52. The van der Waals surface area contributed by atoms with Crippen LogP contribution in [0.5, 0.6) is 5.75 Å². The summed E-state index contributed by atoms with van der Waals surface area (Å²) in [5.41, 5.74) is 3.21. The van der Waals surface area contributed by atoms with E-state index in [1.54, 1.807) is 13.2 Å². The number of carbonyl (C=O) groups excluding carboxylic acids is 1. The highest BCUT2D eigenvalue weighted by atomic mass is 16.5. The van der Waals surface area contributed by atoms with Crippen molar-refractivity contribution in [1.82, 2.24) is 19.8 Å². The number of piperazine rings is 1. The fourth-order valence-corrected chi connectivity index (χ4v) is 4.89. The Bertz CT molecular complexity index is 1010. The maximum Gasteiger partial charge on any atom is 0.246 e. The number of benzene rings is 1. The van der Waals surface area contributed by atoms with Gasteiger partial charge in [-0.2, -0.15) is 0 Å². The van der Waals surface area contributed by atoms with E-state index < -0.39 is 0 Å². The number of ether oxygens (including phenoxy) is 1. The molecule has 2 aromatic rings. The Balaban J connectivity index is 1.19. The number of rotatable bonds is 5. The second-order valence-corrected chi connectivity index (χ2v) is 9.18. The molecule has 1 amide bonds. The van der Waals surface area contributed by atoms with Gasteiger partial charge in [0.05, 0.1) is 12.8 Å². The van der Waals surface area contributed by atoms with Crippen LogP contribution >= 0.6 is 0 Å². The van der Waals surface area contributed by atoms with Crippen LogP contribution in [0.25, 0.3) is 6.08 Å². The van der Waals surface area contributed by atoms with Crippen LogP contribution in [0.4, 0.5) is 5.95 Å². The van der Waals surface area contributed by atoms with Gasteiger partial charge in [-0.15, -0.1) is 0 Å². The maximum absolute atomic E-state index is 12.8. The highest BCUT2D eigenvalue weighted by Crippen LogP contribution is 2.26. The van der Waals surface area contributed by atoms with Crippen LogP contribution in [0.2, 0.25) is 0 Å². The van der Waals surface area contributed by atoms with E-state index in [1.165, 1.54) is 24.8 Å². The van der Waals surface area contributed by atoms with Crippen molar-refractivity contribution in [2.45, 2.75) is 38.1 Å². The van der Waals surface area contributed by atoms with Crippen LogP contribution in [0.1, 0.15) is 36.1 Å². The summed E-state index contributed by atoms with van der Waals surface area (Å²) < 4.78 is 5.26. The average molecular weight is 448 g/mol. The molecule has 1 aromatic heterocycles. The largest absolute Gasteiger partial charge is 0.497 e. The molecule has 0 N–H and O–H groups in total. The van der Waals surface area contributed by atoms with Crippen LogP contribution in [-0.2, 0) is 17.6 Å². The van der Waals surface area contributed by atoms with Crippen molar-refractivity contribution in [2.75, 3.05) is 51.3 Å². The third-order valence-electron chi connectivity index (χ3n) is 7.22. The Kier molecular flexibility index (Phi) is 6.58. The van der Waals surface area contributed by atoms with Gasteiger partial charge in [0.1, 0.15) is 5.75 Å². The van der Waals surface area contributed by atoms with E-state index in [2.05, 4.69) is 9.80 Å². The molecule has 2 aliphatic heterocycles. The van der Waals surface area contributed by atoms with Crippen LogP contribution in [-0.4, -0.2) is 78.1 Å². The Hall–Kier alpha value is -2.93. The van der Waals surface area contributed by atoms with Crippen molar-refractivity contribution < 1.29 is 9.53 Å². The summed E-state index contributed by atoms with van der Waals surface area (Å²) in [4.78, 5) is 29.3. The van der Waals surface area contributed by atoms with Crippen molar-refractivity contribution in [2.24, 2.45) is 0 Å². The lowest BCUT2D eigenvalue weighted by molar-refractivity contribution is -0.125. The predicted octanol–water partition coefficient (Wildman–Crippen LogP) is 2.80. The molecule has 0 atom stereocenters. The molecule has 0 radical (unpaired) electrons. The third kappa shape index (κ3) is 5.03. The predicted molar refractivity (Wildman–Crippen MR) is 129 cm³/mol. The second kappa shape index (κ2) is 9.91. The summed E-state index contributed by atoms with van der Waals surface area (Å²) in [5.74, 6) is 1.67. The minimum atomic E-state index is 0.0333. The average Bonchev–Trinajstić information content (AvgIpc) is 3.04. The summed E-state index contributed by atoms with van der Waals surface area (Å²) in [6.07, 6.45) is 11.2. The molecule has 0 bridgehead atoms. The summed E-state index contributed by atoms with van der Waals surface area (Å²) in [7, 11) is 1.65. The SMILES string of the molecule is COc1cccc(/C=C/C(=O)N2CCc3cnc(N4CCN(C5CCC5)CC4)nc3CC2)c1. The number of hydrogen-bond acceptors (Lipinski definition) is 6. The smallest absolute Gasteiger partial charge is 0.246 e. The van der Waals surface area contributed by atoms with E-state index >= 15 is 0 Å². The highest BCUT2D eigenvalue weighted by molar-refractivity contribution is 5.91. The summed E-state index contributed by atoms with van der Waals surface area (Å²) >= 11 is 0. The van der Waals surface area contributed by atoms with Crippen LogP contribution < -0.4 is 9.64 Å². The summed E-state index contributed by atoms with van der Waals surface area (Å²) in [6, 6.07) is 8.52. The Labute approximate surface area is 196 Å². The first-order valence-electron chi connectivity index (χ1n) is 12.1. The van der Waals surface area contributed by atoms with Gasteiger partial charge in [-0.3, -0.25) is 9.69 Å². The molecular formula is C26H33N5O2. The van der Waals surface area contributed by atoms with E-state index in [1.807, 2.05) is 41.4 Å². The minimum Gasteiger partial charge on any atom is -0.497 e. The molecular weight excluding hydrogens is 414 g/mol. The molecule has 5 rings (SSSR count). The molecule has 0 spiro atoms. The van der Waals surface area contributed by atoms with Gasteiger partial charge in [-0.1, -0.05) is 18.6 Å². The molecule has 1 aliphatic carbocycles. The minimum absolute atomic E-state index is 0.0333. The fourth-order valence-electron chi connectivity index (χ4n) is 4.89. The number of fused-ring (bicyclic) bond motifs is 1. The number of methoxy groups -OCH3 is 1. The number of anilines is 1. The number of nitrogens with zero attached hydrogens (tertiary/aromatic N) is 5. The lowest BCUT2D eigenvalue weighted by Gasteiger charge is -2.43. The first-order chi connectivity index (χ1) is 16.2. The van der Waals surface area contributed by atoms with Crippen LogP contribution in [0, 0.1) is 0 Å². The molecule has 1 saturated carbocycles. The van der Waals surface area contributed by atoms with Crippen molar-refractivity contribution in [3.8, 4) is 5.75 Å². The number of aromatic nitrogens is 2. The molecule has 1 saturated heterocycles. The van der Waals surface area contributed by atoms with E-state index in [9.17, 15) is 4.79 Å². The normalized spacial score (nSPS) is 19.8. The molecule has 0 unspecified atom stereocenters. The molecule has 7 nitrogen and oxygen atoms in total. The third-order valence-corrected chi connectivity index (χ3v) is 7.22. The van der Waals surface area contributed by atoms with E-state index in [-0.39, 0.29) is 5.91 Å². The van der Waals surface area contributed by atoms with Gasteiger partial charge >= 0.3 is 0 Å². The monoisotopic (exact) mass is 447 g/mol. The maximum atomic E-state index is 12.8. The van der Waals surface area contributed by atoms with Crippen LogP contribution in [0.3, 0.4) is 0 Å². The van der Waals surface area contributed by atoms with Gasteiger partial charge in [-0.25, -0.2) is 9.97 Å². The zero-order valence-corrected chi connectivity index (χ0v) is 19.4. The second-order valence-electron chi connectivity index (χ2n) is 9.18. The van der Waals surface area contributed by atoms with Gasteiger partial charge < -0.3 is 14.5 Å². The van der Waals surface area contributed by atoms with Crippen molar-refractivity contribution in [1.29, 1.82) is 0 Å². The highest BCUT2D eigenvalue weighted by Gasteiger charge is 2.29. The zero-order chi connectivity index (χ0) is 22.6. The quantitative estimate of drug-likeness (QED) is 0.657. The summed E-state index contributed by atoms with van der Waals surface area (Å²) in [6.45, 7) is 5.57. The molecule has 3 aliphatic rings. The number of carbonyl (C=O) groups is 1. The fraction of sp³-hybridized carbons (Fsp3) is 0.500. The molecule has 174 valence electrons. The molecule has 1 aromatic carbocycles.